The highest BCUT2D eigenvalue weighted by molar-refractivity contribution is 7.94. The number of amides is 1. The van der Waals surface area contributed by atoms with Crippen molar-refractivity contribution >= 4 is 21.4 Å². The van der Waals surface area contributed by atoms with Crippen LogP contribution in [-0.4, -0.2) is 42.4 Å². The number of sulfone groups is 1. The van der Waals surface area contributed by atoms with E-state index in [0.717, 1.165) is 11.1 Å². The van der Waals surface area contributed by atoms with E-state index in [1.165, 1.54) is 12.2 Å². The van der Waals surface area contributed by atoms with Crippen LogP contribution in [0, 0.1) is 0 Å². The maximum atomic E-state index is 12.1. The number of allylic oxidation sites excluding steroid dienone is 2. The molecule has 0 radical (unpaired) electrons. The lowest BCUT2D eigenvalue weighted by molar-refractivity contribution is -0.118. The van der Waals surface area contributed by atoms with Crippen LogP contribution >= 0.6 is 0 Å². The van der Waals surface area contributed by atoms with Gasteiger partial charge in [0.15, 0.2) is 16.1 Å². The van der Waals surface area contributed by atoms with Crippen LogP contribution in [0.2, 0.25) is 0 Å². The SMILES string of the molecule is O=C(N[C@@H]1C=CS(=O)(=O)C1)C1=CC=C(c2ccc[nH]2)NC1O. The molecule has 0 bridgehead atoms. The van der Waals surface area contributed by atoms with Crippen molar-refractivity contribution < 1.29 is 18.3 Å². The molecule has 1 aromatic rings. The Kier molecular flexibility index (Phi) is 3.63. The van der Waals surface area contributed by atoms with Gasteiger partial charge in [-0.3, -0.25) is 4.79 Å². The van der Waals surface area contributed by atoms with E-state index in [0.29, 0.717) is 5.70 Å². The summed E-state index contributed by atoms with van der Waals surface area (Å²) in [7, 11) is -3.23. The van der Waals surface area contributed by atoms with Crippen molar-refractivity contribution in [1.29, 1.82) is 0 Å². The third kappa shape index (κ3) is 2.97. The molecule has 1 unspecified atom stereocenters. The van der Waals surface area contributed by atoms with Gasteiger partial charge in [-0.25, -0.2) is 8.42 Å². The van der Waals surface area contributed by atoms with Crippen molar-refractivity contribution in [3.05, 3.63) is 53.2 Å². The maximum absolute atomic E-state index is 12.1. The number of hydrogen-bond donors (Lipinski definition) is 4. The van der Waals surface area contributed by atoms with Gasteiger partial charge in [-0.05, 0) is 30.4 Å². The highest BCUT2D eigenvalue weighted by Gasteiger charge is 2.27. The average molecular weight is 321 g/mol. The van der Waals surface area contributed by atoms with Crippen LogP contribution < -0.4 is 10.6 Å². The molecule has 0 saturated heterocycles. The minimum atomic E-state index is -3.23. The Morgan fingerprint density at radius 3 is 2.77 bits per heavy atom. The Hall–Kier alpha value is -2.32. The molecule has 0 aromatic carbocycles. The minimum absolute atomic E-state index is 0.132. The second-order valence-electron chi connectivity index (χ2n) is 5.07. The minimum Gasteiger partial charge on any atom is -0.369 e. The van der Waals surface area contributed by atoms with E-state index in [-0.39, 0.29) is 11.3 Å². The third-order valence-electron chi connectivity index (χ3n) is 3.41. The predicted molar refractivity (Wildman–Crippen MR) is 80.9 cm³/mol. The smallest absolute Gasteiger partial charge is 0.252 e. The number of hydrogen-bond acceptors (Lipinski definition) is 5. The first-order valence-corrected chi connectivity index (χ1v) is 8.38. The van der Waals surface area contributed by atoms with Gasteiger partial charge < -0.3 is 20.7 Å². The largest absolute Gasteiger partial charge is 0.369 e. The van der Waals surface area contributed by atoms with E-state index < -0.39 is 28.0 Å². The van der Waals surface area contributed by atoms with E-state index >= 15 is 0 Å². The highest BCUT2D eigenvalue weighted by atomic mass is 32.2. The van der Waals surface area contributed by atoms with E-state index in [9.17, 15) is 18.3 Å². The average Bonchev–Trinajstić information content (AvgIpc) is 3.08. The zero-order chi connectivity index (χ0) is 15.7. The fourth-order valence-electron chi connectivity index (χ4n) is 2.32. The van der Waals surface area contributed by atoms with Gasteiger partial charge in [0.25, 0.3) is 5.91 Å². The molecule has 0 saturated carbocycles. The number of carbonyl (C=O) groups excluding carboxylic acids is 1. The molecule has 7 nitrogen and oxygen atoms in total. The van der Waals surface area contributed by atoms with Gasteiger partial charge in [-0.15, -0.1) is 0 Å². The molecule has 0 aliphatic carbocycles. The quantitative estimate of drug-likeness (QED) is 0.607. The summed E-state index contributed by atoms with van der Waals surface area (Å²) in [4.78, 5) is 15.1. The lowest BCUT2D eigenvalue weighted by atomic mass is 10.1. The second kappa shape index (κ2) is 5.47. The van der Waals surface area contributed by atoms with Gasteiger partial charge in [0.1, 0.15) is 0 Å². The van der Waals surface area contributed by atoms with Crippen LogP contribution in [0.25, 0.3) is 5.70 Å². The Morgan fingerprint density at radius 2 is 2.18 bits per heavy atom. The number of H-pyrrole nitrogens is 1. The fraction of sp³-hybridized carbons (Fsp3) is 0.214. The van der Waals surface area contributed by atoms with Crippen molar-refractivity contribution in [2.24, 2.45) is 0 Å². The summed E-state index contributed by atoms with van der Waals surface area (Å²) in [5.74, 6) is -0.660. The standard InChI is InChI=1S/C14H15N3O4S/c18-13(16-9-5-7-22(20,21)8-9)10-3-4-12(17-14(10)19)11-2-1-6-15-11/h1-7,9,14-15,17,19H,8H2,(H,16,18)/t9-,14?/m1/s1. The fourth-order valence-corrected chi connectivity index (χ4v) is 3.56. The number of rotatable bonds is 3. The van der Waals surface area contributed by atoms with Crippen LogP contribution in [0.5, 0.6) is 0 Å². The van der Waals surface area contributed by atoms with Crippen LogP contribution in [0.1, 0.15) is 5.69 Å². The van der Waals surface area contributed by atoms with Crippen LogP contribution in [-0.2, 0) is 14.6 Å². The van der Waals surface area contributed by atoms with Gasteiger partial charge in [-0.2, -0.15) is 0 Å². The number of aliphatic hydroxyl groups is 1. The number of carbonyl (C=O) groups is 1. The molecule has 8 heteroatoms. The van der Waals surface area contributed by atoms with Crippen LogP contribution in [0.3, 0.4) is 0 Å². The zero-order valence-corrected chi connectivity index (χ0v) is 12.3. The summed E-state index contributed by atoms with van der Waals surface area (Å²) in [6.45, 7) is 0. The van der Waals surface area contributed by atoms with Crippen molar-refractivity contribution in [3.63, 3.8) is 0 Å². The monoisotopic (exact) mass is 321 g/mol. The van der Waals surface area contributed by atoms with E-state index in [1.54, 1.807) is 12.3 Å². The molecule has 2 aliphatic rings. The van der Waals surface area contributed by atoms with Crippen molar-refractivity contribution in [1.82, 2.24) is 15.6 Å². The van der Waals surface area contributed by atoms with E-state index in [1.807, 2.05) is 12.1 Å². The molecule has 0 fully saturated rings. The lowest BCUT2D eigenvalue weighted by Gasteiger charge is -2.23. The molecule has 3 heterocycles. The van der Waals surface area contributed by atoms with Crippen molar-refractivity contribution in [2.75, 3.05) is 5.75 Å². The Labute approximate surface area is 127 Å². The van der Waals surface area contributed by atoms with Gasteiger partial charge >= 0.3 is 0 Å². The summed E-state index contributed by atoms with van der Waals surface area (Å²) >= 11 is 0. The third-order valence-corrected chi connectivity index (χ3v) is 4.81. The Balaban J connectivity index is 1.72. The highest BCUT2D eigenvalue weighted by Crippen LogP contribution is 2.18. The molecule has 0 spiro atoms. The lowest BCUT2D eigenvalue weighted by Crippen LogP contribution is -2.43. The van der Waals surface area contributed by atoms with Crippen molar-refractivity contribution in [3.8, 4) is 0 Å². The number of aromatic nitrogens is 1. The zero-order valence-electron chi connectivity index (χ0n) is 11.5. The first kappa shape index (κ1) is 14.6. The molecule has 3 rings (SSSR count). The molecular weight excluding hydrogens is 306 g/mol. The number of aromatic amines is 1. The molecule has 1 aromatic heterocycles. The maximum Gasteiger partial charge on any atom is 0.252 e. The van der Waals surface area contributed by atoms with Crippen LogP contribution in [0.15, 0.2) is 47.5 Å². The molecule has 116 valence electrons. The van der Waals surface area contributed by atoms with Crippen LogP contribution in [0.4, 0.5) is 0 Å². The number of dihydropyridines is 1. The van der Waals surface area contributed by atoms with Gasteiger partial charge in [0.05, 0.1) is 28.8 Å². The normalized spacial score (nSPS) is 26.0. The summed E-state index contributed by atoms with van der Waals surface area (Å²) in [5, 5.41) is 16.5. The van der Waals surface area contributed by atoms with Gasteiger partial charge in [-0.1, -0.05) is 0 Å². The molecule has 1 amide bonds. The first-order chi connectivity index (χ1) is 10.4. The van der Waals surface area contributed by atoms with Crippen molar-refractivity contribution in [2.45, 2.75) is 12.3 Å². The molecule has 2 atom stereocenters. The van der Waals surface area contributed by atoms with Gasteiger partial charge in [0, 0.05) is 11.6 Å². The summed E-state index contributed by atoms with van der Waals surface area (Å²) in [6, 6.07) is 3.08. The topological polar surface area (TPSA) is 111 Å². The van der Waals surface area contributed by atoms with E-state index in [4.69, 9.17) is 0 Å². The molecule has 2 aliphatic heterocycles. The molecular formula is C14H15N3O4S. The van der Waals surface area contributed by atoms with E-state index in [2.05, 4.69) is 15.6 Å². The predicted octanol–water partition coefficient (Wildman–Crippen LogP) is -0.369. The number of nitrogens with one attached hydrogen (secondary N) is 3. The summed E-state index contributed by atoms with van der Waals surface area (Å²) in [6.07, 6.45) is 5.21. The Bertz CT molecular complexity index is 775. The Morgan fingerprint density at radius 1 is 1.36 bits per heavy atom. The number of aliphatic hydroxyl groups excluding tert-OH is 1. The van der Waals surface area contributed by atoms with Gasteiger partial charge in [0.2, 0.25) is 0 Å². The summed E-state index contributed by atoms with van der Waals surface area (Å²) in [5.41, 5.74) is 1.59. The molecule has 22 heavy (non-hydrogen) atoms. The first-order valence-electron chi connectivity index (χ1n) is 6.67. The summed E-state index contributed by atoms with van der Waals surface area (Å²) < 4.78 is 22.6. The molecule has 4 N–H and O–H groups in total. The second-order valence-corrected chi connectivity index (χ2v) is 7.00.